The molecule has 4 rings (SSSR count). The Morgan fingerprint density at radius 1 is 1.20 bits per heavy atom. The number of benzene rings is 1. The van der Waals surface area contributed by atoms with Gasteiger partial charge in [-0.1, -0.05) is 45.8 Å². The van der Waals surface area contributed by atoms with E-state index < -0.39 is 17.4 Å². The molecule has 0 N–H and O–H groups in total. The van der Waals surface area contributed by atoms with Crippen molar-refractivity contribution in [3.8, 4) is 0 Å². The second-order valence-corrected chi connectivity index (χ2v) is 7.86. The number of carbonyl (C=O) groups is 2. The number of ether oxygens (including phenoxy) is 2. The molecule has 1 aromatic rings. The van der Waals surface area contributed by atoms with Crippen LogP contribution in [-0.4, -0.2) is 26.2 Å². The maximum Gasteiger partial charge on any atom is 0.323 e. The predicted octanol–water partition coefficient (Wildman–Crippen LogP) is 3.86. The van der Waals surface area contributed by atoms with Crippen LogP contribution in [0.2, 0.25) is 0 Å². The fourth-order valence-electron chi connectivity index (χ4n) is 4.97. The number of methoxy groups -OCH3 is 2. The van der Waals surface area contributed by atoms with Crippen LogP contribution in [-0.2, 0) is 19.1 Å². The summed E-state index contributed by atoms with van der Waals surface area (Å²) >= 11 is 3.53. The van der Waals surface area contributed by atoms with E-state index in [0.29, 0.717) is 12.8 Å². The molecule has 4 nitrogen and oxygen atoms in total. The minimum absolute atomic E-state index is 0.134. The first kappa shape index (κ1) is 16.6. The van der Waals surface area contributed by atoms with Gasteiger partial charge in [-0.25, -0.2) is 0 Å². The standard InChI is InChI=1S/C20H19BrO4/c1-24-18(22)20(19(23)25-2)10-12-8-11-9-13(21)6-7-14(11)15-4-3-5-16(20)17(12)15/h3-4,6-9,15-17H,5,10H2,1-2H3/t15-,16-,17+/m1/s1. The Morgan fingerprint density at radius 3 is 2.60 bits per heavy atom. The molecule has 3 atom stereocenters. The first-order valence-corrected chi connectivity index (χ1v) is 9.15. The fraction of sp³-hybridized carbons (Fsp3) is 0.400. The maximum atomic E-state index is 12.7. The van der Waals surface area contributed by atoms with Crippen LogP contribution in [0, 0.1) is 17.3 Å². The number of esters is 2. The van der Waals surface area contributed by atoms with Crippen LogP contribution in [0.1, 0.15) is 29.9 Å². The third kappa shape index (κ3) is 2.18. The Morgan fingerprint density at radius 2 is 1.92 bits per heavy atom. The van der Waals surface area contributed by atoms with E-state index in [1.165, 1.54) is 19.8 Å². The summed E-state index contributed by atoms with van der Waals surface area (Å²) in [6.45, 7) is 0. The monoisotopic (exact) mass is 402 g/mol. The zero-order valence-corrected chi connectivity index (χ0v) is 15.7. The molecule has 130 valence electrons. The van der Waals surface area contributed by atoms with Crippen molar-refractivity contribution >= 4 is 33.9 Å². The van der Waals surface area contributed by atoms with Gasteiger partial charge in [0.05, 0.1) is 14.2 Å². The SMILES string of the molecule is COC(=O)C1(C(=O)OC)CC2=Cc3cc(Br)ccc3[C@H]3C=CC[C@@H]1[C@@H]23. The van der Waals surface area contributed by atoms with Gasteiger partial charge in [-0.05, 0) is 47.9 Å². The molecule has 5 heteroatoms. The number of allylic oxidation sites excluding steroid dienone is 3. The lowest BCUT2D eigenvalue weighted by molar-refractivity contribution is -0.172. The van der Waals surface area contributed by atoms with Crippen molar-refractivity contribution in [1.29, 1.82) is 0 Å². The van der Waals surface area contributed by atoms with Gasteiger partial charge in [0.1, 0.15) is 0 Å². The minimum Gasteiger partial charge on any atom is -0.468 e. The third-order valence-electron chi connectivity index (χ3n) is 5.95. The largest absolute Gasteiger partial charge is 0.468 e. The van der Waals surface area contributed by atoms with Crippen molar-refractivity contribution in [1.82, 2.24) is 0 Å². The topological polar surface area (TPSA) is 52.6 Å². The van der Waals surface area contributed by atoms with Gasteiger partial charge in [-0.15, -0.1) is 0 Å². The highest BCUT2D eigenvalue weighted by atomic mass is 79.9. The quantitative estimate of drug-likeness (QED) is 0.428. The minimum atomic E-state index is -1.25. The molecular weight excluding hydrogens is 384 g/mol. The lowest BCUT2D eigenvalue weighted by Gasteiger charge is -2.38. The highest BCUT2D eigenvalue weighted by Gasteiger charge is 2.64. The van der Waals surface area contributed by atoms with Gasteiger partial charge in [0.25, 0.3) is 0 Å². The molecule has 0 radical (unpaired) electrons. The molecule has 0 saturated heterocycles. The zero-order valence-electron chi connectivity index (χ0n) is 14.1. The molecule has 1 saturated carbocycles. The average Bonchev–Trinajstić information content (AvgIpc) is 2.97. The lowest BCUT2D eigenvalue weighted by Crippen LogP contribution is -2.46. The maximum absolute atomic E-state index is 12.7. The van der Waals surface area contributed by atoms with Gasteiger partial charge in [0, 0.05) is 10.4 Å². The summed E-state index contributed by atoms with van der Waals surface area (Å²) in [5.74, 6) is -0.793. The van der Waals surface area contributed by atoms with E-state index in [1.807, 2.05) is 6.07 Å². The number of fused-ring (bicyclic) bond motifs is 2. The van der Waals surface area contributed by atoms with E-state index in [0.717, 1.165) is 15.6 Å². The van der Waals surface area contributed by atoms with E-state index in [4.69, 9.17) is 9.47 Å². The first-order chi connectivity index (χ1) is 12.0. The van der Waals surface area contributed by atoms with Gasteiger partial charge in [0.2, 0.25) is 0 Å². The summed E-state index contributed by atoms with van der Waals surface area (Å²) in [5.41, 5.74) is 2.27. The third-order valence-corrected chi connectivity index (χ3v) is 6.44. The van der Waals surface area contributed by atoms with Crippen LogP contribution in [0.3, 0.4) is 0 Å². The summed E-state index contributed by atoms with van der Waals surface area (Å²) in [4.78, 5) is 25.4. The number of carbonyl (C=O) groups excluding carboxylic acids is 2. The zero-order chi connectivity index (χ0) is 17.8. The molecule has 0 unspecified atom stereocenters. The van der Waals surface area contributed by atoms with Crippen LogP contribution in [0.25, 0.3) is 6.08 Å². The van der Waals surface area contributed by atoms with E-state index in [1.54, 1.807) is 0 Å². The van der Waals surface area contributed by atoms with Crippen molar-refractivity contribution in [3.63, 3.8) is 0 Å². The second-order valence-electron chi connectivity index (χ2n) is 6.95. The second kappa shape index (κ2) is 5.84. The van der Waals surface area contributed by atoms with Gasteiger partial charge < -0.3 is 9.47 Å². The fourth-order valence-corrected chi connectivity index (χ4v) is 5.35. The van der Waals surface area contributed by atoms with Crippen molar-refractivity contribution in [2.75, 3.05) is 14.2 Å². The smallest absolute Gasteiger partial charge is 0.323 e. The Kier molecular flexibility index (Phi) is 3.87. The van der Waals surface area contributed by atoms with Crippen molar-refractivity contribution in [2.45, 2.75) is 18.8 Å². The molecule has 0 heterocycles. The summed E-state index contributed by atoms with van der Waals surface area (Å²) in [6, 6.07) is 6.25. The van der Waals surface area contributed by atoms with E-state index in [-0.39, 0.29) is 17.8 Å². The normalized spacial score (nSPS) is 27.8. The number of hydrogen-bond donors (Lipinski definition) is 0. The Labute approximate surface area is 155 Å². The highest BCUT2D eigenvalue weighted by Crippen LogP contribution is 2.61. The van der Waals surface area contributed by atoms with Gasteiger partial charge in [-0.3, -0.25) is 9.59 Å². The van der Waals surface area contributed by atoms with Crippen molar-refractivity contribution < 1.29 is 19.1 Å². The molecule has 1 aromatic carbocycles. The number of hydrogen-bond acceptors (Lipinski definition) is 4. The average molecular weight is 403 g/mol. The molecular formula is C20H19BrO4. The molecule has 25 heavy (non-hydrogen) atoms. The Bertz CT molecular complexity index is 807. The Balaban J connectivity index is 1.90. The highest BCUT2D eigenvalue weighted by molar-refractivity contribution is 9.10. The number of halogens is 1. The van der Waals surface area contributed by atoms with Crippen LogP contribution in [0.15, 0.2) is 40.4 Å². The molecule has 0 spiro atoms. The van der Waals surface area contributed by atoms with Crippen molar-refractivity contribution in [2.24, 2.45) is 17.3 Å². The van der Waals surface area contributed by atoms with Gasteiger partial charge >= 0.3 is 11.9 Å². The molecule has 1 fully saturated rings. The molecule has 3 aliphatic rings. The van der Waals surface area contributed by atoms with Crippen LogP contribution >= 0.6 is 15.9 Å². The lowest BCUT2D eigenvalue weighted by atomic mass is 9.65. The number of rotatable bonds is 2. The van der Waals surface area contributed by atoms with Gasteiger partial charge in [-0.2, -0.15) is 0 Å². The van der Waals surface area contributed by atoms with Crippen molar-refractivity contribution in [3.05, 3.63) is 51.5 Å². The summed E-state index contributed by atoms with van der Waals surface area (Å²) in [6.07, 6.45) is 7.49. The van der Waals surface area contributed by atoms with Gasteiger partial charge in [0.15, 0.2) is 5.41 Å². The van der Waals surface area contributed by atoms with Crippen LogP contribution in [0.5, 0.6) is 0 Å². The van der Waals surface area contributed by atoms with E-state index >= 15 is 0 Å². The van der Waals surface area contributed by atoms with E-state index in [9.17, 15) is 9.59 Å². The molecule has 0 amide bonds. The summed E-state index contributed by atoms with van der Waals surface area (Å²) in [7, 11) is 2.68. The van der Waals surface area contributed by atoms with E-state index in [2.05, 4.69) is 46.3 Å². The molecule has 0 aliphatic heterocycles. The first-order valence-electron chi connectivity index (χ1n) is 8.36. The predicted molar refractivity (Wildman–Crippen MR) is 96.7 cm³/mol. The summed E-state index contributed by atoms with van der Waals surface area (Å²) < 4.78 is 11.1. The van der Waals surface area contributed by atoms with Crippen LogP contribution < -0.4 is 0 Å². The van der Waals surface area contributed by atoms with Crippen LogP contribution in [0.4, 0.5) is 0 Å². The molecule has 0 bridgehead atoms. The summed E-state index contributed by atoms with van der Waals surface area (Å²) in [5, 5.41) is 0. The Hall–Kier alpha value is -1.88. The molecule has 0 aromatic heterocycles. The molecule has 3 aliphatic carbocycles.